The Morgan fingerprint density at radius 1 is 1.42 bits per heavy atom. The summed E-state index contributed by atoms with van der Waals surface area (Å²) in [5.74, 6) is -1.58. The maximum atomic E-state index is 10.7. The van der Waals surface area contributed by atoms with Gasteiger partial charge in [-0.1, -0.05) is 11.6 Å². The monoisotopic (exact) mass is 171 g/mol. The van der Waals surface area contributed by atoms with Crippen molar-refractivity contribution in [3.8, 4) is 0 Å². The topological polar surface area (TPSA) is 55.4 Å². The molecule has 0 saturated carbocycles. The van der Waals surface area contributed by atoms with E-state index in [2.05, 4.69) is 10.1 Å². The number of allylic oxidation sites excluding steroid dienone is 1. The molecular weight excluding hydrogens is 158 g/mol. The van der Waals surface area contributed by atoms with Gasteiger partial charge in [-0.3, -0.25) is 4.79 Å². The molecule has 0 heterocycles. The largest absolute Gasteiger partial charge is 0.462 e. The highest BCUT2D eigenvalue weighted by Gasteiger charge is 2.10. The summed E-state index contributed by atoms with van der Waals surface area (Å²) in [7, 11) is 1.17. The van der Waals surface area contributed by atoms with Crippen LogP contribution in [-0.4, -0.2) is 25.5 Å². The minimum absolute atomic E-state index is 0.357. The lowest BCUT2D eigenvalue weighted by Gasteiger charge is -1.99. The molecule has 1 amide bonds. The summed E-state index contributed by atoms with van der Waals surface area (Å²) in [4.78, 5) is 21.3. The van der Waals surface area contributed by atoms with Gasteiger partial charge in [0.1, 0.15) is 0 Å². The van der Waals surface area contributed by atoms with E-state index in [9.17, 15) is 9.59 Å². The summed E-state index contributed by atoms with van der Waals surface area (Å²) in [6.07, 6.45) is 1.81. The summed E-state index contributed by atoms with van der Waals surface area (Å²) in [6.45, 7) is 4.17. The first-order chi connectivity index (χ1) is 5.57. The molecule has 0 atom stereocenters. The molecule has 1 N–H and O–H groups in total. The average molecular weight is 171 g/mol. The molecule has 12 heavy (non-hydrogen) atoms. The quantitative estimate of drug-likeness (QED) is 0.368. The number of ether oxygens (including phenoxy) is 1. The fraction of sp³-hybridized carbons (Fsp3) is 0.500. The number of rotatable bonds is 2. The van der Waals surface area contributed by atoms with Crippen LogP contribution in [0.15, 0.2) is 11.6 Å². The van der Waals surface area contributed by atoms with Crippen LogP contribution in [0.3, 0.4) is 0 Å². The van der Waals surface area contributed by atoms with Crippen molar-refractivity contribution in [2.75, 3.05) is 13.7 Å². The van der Waals surface area contributed by atoms with E-state index in [0.717, 1.165) is 5.57 Å². The molecular formula is C8H13NO3. The Morgan fingerprint density at radius 2 is 2.00 bits per heavy atom. The Bertz CT molecular complexity index is 204. The van der Waals surface area contributed by atoms with E-state index in [0.29, 0.717) is 6.54 Å². The molecule has 0 aliphatic rings. The van der Waals surface area contributed by atoms with Gasteiger partial charge in [0.25, 0.3) is 0 Å². The van der Waals surface area contributed by atoms with Gasteiger partial charge >= 0.3 is 11.9 Å². The van der Waals surface area contributed by atoms with Crippen molar-refractivity contribution in [2.45, 2.75) is 13.8 Å². The minimum atomic E-state index is -0.864. The number of carbonyl (C=O) groups is 2. The molecule has 0 spiro atoms. The van der Waals surface area contributed by atoms with Crippen molar-refractivity contribution in [2.24, 2.45) is 0 Å². The molecule has 0 aromatic rings. The molecule has 0 aromatic heterocycles. The zero-order chi connectivity index (χ0) is 9.56. The van der Waals surface area contributed by atoms with Crippen molar-refractivity contribution in [3.63, 3.8) is 0 Å². The van der Waals surface area contributed by atoms with Crippen LogP contribution in [0.2, 0.25) is 0 Å². The zero-order valence-corrected chi connectivity index (χ0v) is 7.51. The maximum absolute atomic E-state index is 10.7. The maximum Gasteiger partial charge on any atom is 0.396 e. The molecule has 68 valence electrons. The van der Waals surface area contributed by atoms with Crippen molar-refractivity contribution in [3.05, 3.63) is 11.6 Å². The number of nitrogens with one attached hydrogen (secondary N) is 1. The highest BCUT2D eigenvalue weighted by Crippen LogP contribution is 1.85. The zero-order valence-electron chi connectivity index (χ0n) is 7.51. The van der Waals surface area contributed by atoms with E-state index < -0.39 is 11.9 Å². The van der Waals surface area contributed by atoms with Gasteiger partial charge in [-0.25, -0.2) is 4.79 Å². The molecule has 0 aliphatic heterocycles. The van der Waals surface area contributed by atoms with E-state index in [1.54, 1.807) is 6.08 Å². The first kappa shape index (κ1) is 10.7. The van der Waals surface area contributed by atoms with Gasteiger partial charge in [-0.15, -0.1) is 0 Å². The number of amides is 1. The van der Waals surface area contributed by atoms with Gasteiger partial charge in [-0.05, 0) is 13.8 Å². The molecule has 4 nitrogen and oxygen atoms in total. The molecule has 0 aliphatic carbocycles. The first-order valence-electron chi connectivity index (χ1n) is 3.57. The highest BCUT2D eigenvalue weighted by atomic mass is 16.5. The lowest BCUT2D eigenvalue weighted by molar-refractivity contribution is -0.152. The molecule has 0 aromatic carbocycles. The lowest BCUT2D eigenvalue weighted by atomic mass is 10.3. The average Bonchev–Trinajstić information content (AvgIpc) is 2.02. The van der Waals surface area contributed by atoms with Crippen molar-refractivity contribution < 1.29 is 14.3 Å². The Kier molecular flexibility index (Phi) is 4.76. The Labute approximate surface area is 71.6 Å². The SMILES string of the molecule is COC(=O)C(=O)NCC=C(C)C. The van der Waals surface area contributed by atoms with E-state index in [4.69, 9.17) is 0 Å². The predicted molar refractivity (Wildman–Crippen MR) is 44.5 cm³/mol. The number of esters is 1. The van der Waals surface area contributed by atoms with Crippen LogP contribution in [0.25, 0.3) is 0 Å². The summed E-state index contributed by atoms with van der Waals surface area (Å²) < 4.78 is 4.20. The fourth-order valence-electron chi connectivity index (χ4n) is 0.513. The van der Waals surface area contributed by atoms with Gasteiger partial charge in [0.05, 0.1) is 7.11 Å². The van der Waals surface area contributed by atoms with Gasteiger partial charge in [-0.2, -0.15) is 0 Å². The smallest absolute Gasteiger partial charge is 0.396 e. The number of methoxy groups -OCH3 is 1. The van der Waals surface area contributed by atoms with Crippen LogP contribution in [0, 0.1) is 0 Å². The molecule has 0 saturated heterocycles. The van der Waals surface area contributed by atoms with Gasteiger partial charge < -0.3 is 10.1 Å². The second kappa shape index (κ2) is 5.35. The number of hydrogen-bond acceptors (Lipinski definition) is 3. The minimum Gasteiger partial charge on any atom is -0.462 e. The molecule has 0 bridgehead atoms. The van der Waals surface area contributed by atoms with Gasteiger partial charge in [0, 0.05) is 6.54 Å². The third-order valence-corrected chi connectivity index (χ3v) is 1.14. The molecule has 4 heteroatoms. The number of carbonyl (C=O) groups excluding carboxylic acids is 2. The molecule has 0 fully saturated rings. The van der Waals surface area contributed by atoms with E-state index >= 15 is 0 Å². The predicted octanol–water partition coefficient (Wildman–Crippen LogP) is 0.242. The standard InChI is InChI=1S/C8H13NO3/c1-6(2)4-5-9-7(10)8(11)12-3/h4H,5H2,1-3H3,(H,9,10). The van der Waals surface area contributed by atoms with Crippen molar-refractivity contribution in [1.82, 2.24) is 5.32 Å². The van der Waals surface area contributed by atoms with E-state index in [1.807, 2.05) is 13.8 Å². The van der Waals surface area contributed by atoms with Crippen LogP contribution < -0.4 is 5.32 Å². The first-order valence-corrected chi connectivity index (χ1v) is 3.57. The van der Waals surface area contributed by atoms with Crippen molar-refractivity contribution >= 4 is 11.9 Å². The van der Waals surface area contributed by atoms with Crippen molar-refractivity contribution in [1.29, 1.82) is 0 Å². The summed E-state index contributed by atoms with van der Waals surface area (Å²) in [5.41, 5.74) is 1.08. The van der Waals surface area contributed by atoms with Gasteiger partial charge in [0.15, 0.2) is 0 Å². The third-order valence-electron chi connectivity index (χ3n) is 1.14. The second-order valence-electron chi connectivity index (χ2n) is 2.48. The second-order valence-corrected chi connectivity index (χ2v) is 2.48. The fourth-order valence-corrected chi connectivity index (χ4v) is 0.513. The molecule has 0 radical (unpaired) electrons. The van der Waals surface area contributed by atoms with Crippen LogP contribution in [0.1, 0.15) is 13.8 Å². The van der Waals surface area contributed by atoms with E-state index in [1.165, 1.54) is 7.11 Å². The van der Waals surface area contributed by atoms with E-state index in [-0.39, 0.29) is 0 Å². The molecule has 0 unspecified atom stereocenters. The van der Waals surface area contributed by atoms with Crippen LogP contribution >= 0.6 is 0 Å². The summed E-state index contributed by atoms with van der Waals surface area (Å²) >= 11 is 0. The highest BCUT2D eigenvalue weighted by molar-refractivity contribution is 6.32. The lowest BCUT2D eigenvalue weighted by Crippen LogP contribution is -2.31. The Morgan fingerprint density at radius 3 is 2.42 bits per heavy atom. The Balaban J connectivity index is 3.73. The summed E-state index contributed by atoms with van der Waals surface area (Å²) in [5, 5.41) is 2.37. The molecule has 0 rings (SSSR count). The number of hydrogen-bond donors (Lipinski definition) is 1. The van der Waals surface area contributed by atoms with Crippen LogP contribution in [-0.2, 0) is 14.3 Å². The van der Waals surface area contributed by atoms with Gasteiger partial charge in [0.2, 0.25) is 0 Å². The van der Waals surface area contributed by atoms with Crippen LogP contribution in [0.4, 0.5) is 0 Å². The van der Waals surface area contributed by atoms with Crippen LogP contribution in [0.5, 0.6) is 0 Å². The third kappa shape index (κ3) is 4.49. The summed E-state index contributed by atoms with van der Waals surface area (Å²) in [6, 6.07) is 0. The normalized spacial score (nSPS) is 8.58. The Hall–Kier alpha value is -1.32.